The first-order valence-corrected chi connectivity index (χ1v) is 12.5. The van der Waals surface area contributed by atoms with Gasteiger partial charge in [-0.2, -0.15) is 4.98 Å². The van der Waals surface area contributed by atoms with E-state index in [0.29, 0.717) is 18.0 Å². The minimum atomic E-state index is 0.313. The van der Waals surface area contributed by atoms with Crippen LogP contribution in [0.25, 0.3) is 11.3 Å². The van der Waals surface area contributed by atoms with Gasteiger partial charge < -0.3 is 16.4 Å². The van der Waals surface area contributed by atoms with E-state index < -0.39 is 0 Å². The van der Waals surface area contributed by atoms with Gasteiger partial charge >= 0.3 is 0 Å². The largest absolute Gasteiger partial charge is 0.367 e. The second kappa shape index (κ2) is 11.3. The molecule has 2 aromatic rings. The monoisotopic (exact) mass is 457 g/mol. The molecule has 174 valence electrons. The van der Waals surface area contributed by atoms with Gasteiger partial charge in [0.2, 0.25) is 5.95 Å². The molecule has 7 nitrogen and oxygen atoms in total. The lowest BCUT2D eigenvalue weighted by atomic mass is 9.92. The molecule has 1 aliphatic heterocycles. The summed E-state index contributed by atoms with van der Waals surface area (Å²) >= 11 is 6.68. The molecule has 1 saturated carbocycles. The van der Waals surface area contributed by atoms with Gasteiger partial charge in [-0.05, 0) is 64.1 Å². The Morgan fingerprint density at radius 3 is 2.62 bits per heavy atom. The summed E-state index contributed by atoms with van der Waals surface area (Å²) in [6.45, 7) is 6.17. The summed E-state index contributed by atoms with van der Waals surface area (Å²) < 4.78 is 0. The van der Waals surface area contributed by atoms with E-state index >= 15 is 0 Å². The lowest BCUT2D eigenvalue weighted by Crippen LogP contribution is -2.33. The highest BCUT2D eigenvalue weighted by atomic mass is 35.5. The zero-order chi connectivity index (χ0) is 22.3. The van der Waals surface area contributed by atoms with Crippen LogP contribution in [0.4, 0.5) is 11.8 Å². The Bertz CT molecular complexity index is 877. The van der Waals surface area contributed by atoms with Crippen LogP contribution in [0.5, 0.6) is 0 Å². The second-order valence-corrected chi connectivity index (χ2v) is 9.54. The molecule has 0 radical (unpaired) electrons. The van der Waals surface area contributed by atoms with E-state index in [2.05, 4.69) is 27.4 Å². The maximum Gasteiger partial charge on any atom is 0.224 e. The van der Waals surface area contributed by atoms with Gasteiger partial charge in [0, 0.05) is 48.2 Å². The predicted octanol–water partition coefficient (Wildman–Crippen LogP) is 4.68. The Hall–Kier alpha value is -1.96. The fourth-order valence-electron chi connectivity index (χ4n) is 4.50. The Balaban J connectivity index is 1.56. The number of pyridine rings is 1. The first-order valence-electron chi connectivity index (χ1n) is 12.1. The lowest BCUT2D eigenvalue weighted by Gasteiger charge is -2.28. The molecular weight excluding hydrogens is 422 g/mol. The molecule has 32 heavy (non-hydrogen) atoms. The number of halogens is 1. The van der Waals surface area contributed by atoms with Crippen LogP contribution in [-0.2, 0) is 6.54 Å². The van der Waals surface area contributed by atoms with Crippen LogP contribution in [0.1, 0.15) is 63.9 Å². The Morgan fingerprint density at radius 2 is 1.91 bits per heavy atom. The molecule has 0 unspecified atom stereocenters. The number of nitrogens with zero attached hydrogens (tertiary/aromatic N) is 4. The quantitative estimate of drug-likeness (QED) is 0.470. The van der Waals surface area contributed by atoms with E-state index in [-0.39, 0.29) is 0 Å². The van der Waals surface area contributed by atoms with Crippen molar-refractivity contribution in [2.75, 3.05) is 30.3 Å². The van der Waals surface area contributed by atoms with Crippen molar-refractivity contribution in [1.29, 1.82) is 0 Å². The molecular formula is C24H36ClN7. The van der Waals surface area contributed by atoms with Crippen molar-refractivity contribution in [2.24, 2.45) is 5.73 Å². The first-order chi connectivity index (χ1) is 15.6. The standard InChI is InChI=1S/C24H36ClN7/c1-2-3-10-27-24-29-15-20(23(31-24)30-19-8-6-18(26)7-9-19)22-13-21(25)17(14-28-22)16-32-11-4-5-12-32/h13-15,18-19H,2-12,16,26H2,1H3,(H2,27,29,30,31). The normalized spacial score (nSPS) is 21.6. The third-order valence-corrected chi connectivity index (χ3v) is 6.86. The number of anilines is 2. The summed E-state index contributed by atoms with van der Waals surface area (Å²) in [5, 5.41) is 7.74. The molecule has 0 spiro atoms. The number of nitrogens with two attached hydrogens (primary N) is 1. The van der Waals surface area contributed by atoms with Gasteiger partial charge in [0.25, 0.3) is 0 Å². The molecule has 2 aromatic heterocycles. The molecule has 0 atom stereocenters. The number of aromatic nitrogens is 3. The zero-order valence-corrected chi connectivity index (χ0v) is 19.9. The van der Waals surface area contributed by atoms with E-state index in [9.17, 15) is 0 Å². The maximum atomic E-state index is 6.68. The zero-order valence-electron chi connectivity index (χ0n) is 19.1. The molecule has 1 aliphatic carbocycles. The predicted molar refractivity (Wildman–Crippen MR) is 132 cm³/mol. The average Bonchev–Trinajstić information content (AvgIpc) is 3.30. The molecule has 2 fully saturated rings. The van der Waals surface area contributed by atoms with Crippen LogP contribution < -0.4 is 16.4 Å². The minimum Gasteiger partial charge on any atom is -0.367 e. The first kappa shape index (κ1) is 23.2. The number of rotatable bonds is 9. The highest BCUT2D eigenvalue weighted by Crippen LogP contribution is 2.31. The van der Waals surface area contributed by atoms with Crippen molar-refractivity contribution in [2.45, 2.75) is 76.9 Å². The SMILES string of the molecule is CCCCNc1ncc(-c2cc(Cl)c(CN3CCCC3)cn2)c(NC2CCC(N)CC2)n1. The topological polar surface area (TPSA) is 92.0 Å². The van der Waals surface area contributed by atoms with Gasteiger partial charge in [0.15, 0.2) is 0 Å². The summed E-state index contributed by atoms with van der Waals surface area (Å²) in [7, 11) is 0. The third-order valence-electron chi connectivity index (χ3n) is 6.51. The minimum absolute atomic E-state index is 0.313. The number of unbranched alkanes of at least 4 members (excludes halogenated alkanes) is 1. The molecule has 8 heteroatoms. The van der Waals surface area contributed by atoms with Crippen LogP contribution in [0, 0.1) is 0 Å². The summed E-state index contributed by atoms with van der Waals surface area (Å²) in [5.41, 5.74) is 8.86. The van der Waals surface area contributed by atoms with Gasteiger partial charge in [-0.1, -0.05) is 24.9 Å². The van der Waals surface area contributed by atoms with Gasteiger partial charge in [0.1, 0.15) is 5.82 Å². The molecule has 4 N–H and O–H groups in total. The molecule has 0 bridgehead atoms. The Labute approximate surface area is 196 Å². The van der Waals surface area contributed by atoms with Crippen LogP contribution in [-0.4, -0.2) is 51.6 Å². The number of hydrogen-bond acceptors (Lipinski definition) is 7. The molecule has 1 saturated heterocycles. The van der Waals surface area contributed by atoms with Gasteiger partial charge in [-0.3, -0.25) is 9.88 Å². The number of nitrogens with one attached hydrogen (secondary N) is 2. The maximum absolute atomic E-state index is 6.68. The van der Waals surface area contributed by atoms with Gasteiger partial charge in [-0.15, -0.1) is 0 Å². The van der Waals surface area contributed by atoms with E-state index in [0.717, 1.165) is 92.4 Å². The summed E-state index contributed by atoms with van der Waals surface area (Å²) in [6, 6.07) is 2.63. The number of likely N-dealkylation sites (tertiary alicyclic amines) is 1. The van der Waals surface area contributed by atoms with Gasteiger partial charge in [-0.25, -0.2) is 4.98 Å². The van der Waals surface area contributed by atoms with Crippen molar-refractivity contribution in [3.8, 4) is 11.3 Å². The molecule has 3 heterocycles. The van der Waals surface area contributed by atoms with Crippen LogP contribution in [0.15, 0.2) is 18.5 Å². The third kappa shape index (κ3) is 6.09. The highest BCUT2D eigenvalue weighted by Gasteiger charge is 2.21. The molecule has 0 amide bonds. The van der Waals surface area contributed by atoms with Crippen molar-refractivity contribution in [1.82, 2.24) is 19.9 Å². The second-order valence-electron chi connectivity index (χ2n) is 9.14. The molecule has 4 rings (SSSR count). The Kier molecular flexibility index (Phi) is 8.16. The van der Waals surface area contributed by atoms with E-state index in [4.69, 9.17) is 27.3 Å². The van der Waals surface area contributed by atoms with Crippen molar-refractivity contribution in [3.05, 3.63) is 29.0 Å². The van der Waals surface area contributed by atoms with Crippen LogP contribution in [0.3, 0.4) is 0 Å². The fraction of sp³-hybridized carbons (Fsp3) is 0.625. The fourth-order valence-corrected chi connectivity index (χ4v) is 4.71. The molecule has 0 aromatic carbocycles. The van der Waals surface area contributed by atoms with Gasteiger partial charge in [0.05, 0.1) is 11.3 Å². The van der Waals surface area contributed by atoms with E-state index in [1.54, 1.807) is 0 Å². The Morgan fingerprint density at radius 1 is 1.12 bits per heavy atom. The summed E-state index contributed by atoms with van der Waals surface area (Å²) in [5.74, 6) is 1.46. The lowest BCUT2D eigenvalue weighted by molar-refractivity contribution is 0.331. The smallest absolute Gasteiger partial charge is 0.224 e. The number of hydrogen-bond donors (Lipinski definition) is 3. The van der Waals surface area contributed by atoms with Crippen LogP contribution in [0.2, 0.25) is 5.02 Å². The van der Waals surface area contributed by atoms with Crippen LogP contribution >= 0.6 is 11.6 Å². The summed E-state index contributed by atoms with van der Waals surface area (Å²) in [4.78, 5) is 16.6. The summed E-state index contributed by atoms with van der Waals surface area (Å²) in [6.07, 6.45) is 12.7. The van der Waals surface area contributed by atoms with Crippen molar-refractivity contribution >= 4 is 23.4 Å². The highest BCUT2D eigenvalue weighted by molar-refractivity contribution is 6.31. The average molecular weight is 458 g/mol. The molecule has 2 aliphatic rings. The van der Waals surface area contributed by atoms with E-state index in [1.165, 1.54) is 12.8 Å². The van der Waals surface area contributed by atoms with E-state index in [1.807, 2.05) is 18.5 Å². The van der Waals surface area contributed by atoms with Crippen molar-refractivity contribution < 1.29 is 0 Å². The van der Waals surface area contributed by atoms with Crippen molar-refractivity contribution in [3.63, 3.8) is 0 Å².